The van der Waals surface area contributed by atoms with Gasteiger partial charge in [-0.25, -0.2) is 4.39 Å². The van der Waals surface area contributed by atoms with Crippen molar-refractivity contribution < 1.29 is 29.6 Å². The van der Waals surface area contributed by atoms with E-state index in [9.17, 15) is 21.2 Å². The zero-order chi connectivity index (χ0) is 14.7. The van der Waals surface area contributed by atoms with Crippen molar-refractivity contribution in [3.63, 3.8) is 0 Å². The molecule has 0 radical (unpaired) electrons. The summed E-state index contributed by atoms with van der Waals surface area (Å²) in [6.07, 6.45) is 0.490. The molecular formula is C10H13FO6S2. The van der Waals surface area contributed by atoms with Gasteiger partial charge in [-0.05, 0) is 17.7 Å². The Bertz CT molecular complexity index is 620. The van der Waals surface area contributed by atoms with Gasteiger partial charge in [0, 0.05) is 0 Å². The van der Waals surface area contributed by atoms with E-state index in [2.05, 4.69) is 4.18 Å². The second kappa shape index (κ2) is 5.95. The summed E-state index contributed by atoms with van der Waals surface area (Å²) in [4.78, 5) is 0. The molecule has 0 aromatic heterocycles. The summed E-state index contributed by atoms with van der Waals surface area (Å²) in [5.74, 6) is -0.508. The highest BCUT2D eigenvalue weighted by Crippen LogP contribution is 2.21. The molecule has 0 heterocycles. The lowest BCUT2D eigenvalue weighted by Crippen LogP contribution is -2.18. The summed E-state index contributed by atoms with van der Waals surface area (Å²) in [6, 6.07) is 4.79. The molecule has 0 aliphatic carbocycles. The number of hydrogen-bond donors (Lipinski definition) is 0. The standard InChI is InChI=1S/C10H13FO6S2/c1-18(12,13)16-7-10(17-19(2,14)15)8-3-5-9(11)6-4-8/h3-6,10H,7H2,1-2H3/t10-/m1/s1. The van der Waals surface area contributed by atoms with Crippen molar-refractivity contribution in [1.82, 2.24) is 0 Å². The minimum absolute atomic E-state index is 0.287. The molecule has 19 heavy (non-hydrogen) atoms. The third kappa shape index (κ3) is 6.62. The average Bonchev–Trinajstić information content (AvgIpc) is 2.23. The van der Waals surface area contributed by atoms with Crippen LogP contribution in [0.2, 0.25) is 0 Å². The molecule has 1 rings (SSSR count). The van der Waals surface area contributed by atoms with Crippen molar-refractivity contribution in [2.24, 2.45) is 0 Å². The van der Waals surface area contributed by atoms with Gasteiger partial charge < -0.3 is 0 Å². The molecule has 0 spiro atoms. The van der Waals surface area contributed by atoms with Crippen molar-refractivity contribution in [3.8, 4) is 0 Å². The van der Waals surface area contributed by atoms with E-state index >= 15 is 0 Å². The van der Waals surface area contributed by atoms with Crippen molar-refractivity contribution in [2.45, 2.75) is 6.10 Å². The Kier molecular flexibility index (Phi) is 5.02. The van der Waals surface area contributed by atoms with E-state index in [4.69, 9.17) is 4.18 Å². The van der Waals surface area contributed by atoms with Crippen molar-refractivity contribution in [1.29, 1.82) is 0 Å². The summed E-state index contributed by atoms with van der Waals surface area (Å²) in [5, 5.41) is 0. The normalized spacial score (nSPS) is 14.3. The number of halogens is 1. The summed E-state index contributed by atoms with van der Waals surface area (Å²) in [6.45, 7) is -0.516. The Morgan fingerprint density at radius 2 is 1.58 bits per heavy atom. The smallest absolute Gasteiger partial charge is 0.265 e. The highest BCUT2D eigenvalue weighted by molar-refractivity contribution is 7.86. The van der Waals surface area contributed by atoms with E-state index in [1.807, 2.05) is 0 Å². The Balaban J connectivity index is 2.95. The van der Waals surface area contributed by atoms with E-state index < -0.39 is 38.8 Å². The van der Waals surface area contributed by atoms with Crippen LogP contribution in [0, 0.1) is 5.82 Å². The Labute approximate surface area is 111 Å². The molecule has 1 aromatic rings. The first-order chi connectivity index (χ1) is 8.57. The minimum atomic E-state index is -3.82. The van der Waals surface area contributed by atoms with Crippen LogP contribution in [-0.2, 0) is 28.6 Å². The fourth-order valence-corrected chi connectivity index (χ4v) is 2.21. The second-order valence-electron chi connectivity index (χ2n) is 3.83. The lowest BCUT2D eigenvalue weighted by molar-refractivity contribution is 0.141. The van der Waals surface area contributed by atoms with Gasteiger partial charge in [0.1, 0.15) is 11.9 Å². The molecule has 0 saturated heterocycles. The van der Waals surface area contributed by atoms with Crippen LogP contribution >= 0.6 is 0 Å². The van der Waals surface area contributed by atoms with Gasteiger partial charge >= 0.3 is 0 Å². The van der Waals surface area contributed by atoms with Gasteiger partial charge in [0.05, 0.1) is 19.1 Å². The number of benzene rings is 1. The molecule has 0 N–H and O–H groups in total. The summed E-state index contributed by atoms with van der Waals surface area (Å²) in [5.41, 5.74) is 0.287. The minimum Gasteiger partial charge on any atom is -0.267 e. The molecule has 0 fully saturated rings. The highest BCUT2D eigenvalue weighted by Gasteiger charge is 2.20. The lowest BCUT2D eigenvalue weighted by Gasteiger charge is -2.16. The summed E-state index contributed by atoms with van der Waals surface area (Å²) >= 11 is 0. The Morgan fingerprint density at radius 3 is 2.00 bits per heavy atom. The molecule has 0 aliphatic rings. The van der Waals surface area contributed by atoms with Gasteiger partial charge in [0.2, 0.25) is 0 Å². The average molecular weight is 312 g/mol. The molecule has 0 amide bonds. The fourth-order valence-electron chi connectivity index (χ4n) is 1.25. The molecule has 1 atom stereocenters. The van der Waals surface area contributed by atoms with Gasteiger partial charge in [-0.3, -0.25) is 8.37 Å². The predicted octanol–water partition coefficient (Wildman–Crippen LogP) is 0.819. The fraction of sp³-hybridized carbons (Fsp3) is 0.400. The second-order valence-corrected chi connectivity index (χ2v) is 7.07. The van der Waals surface area contributed by atoms with Crippen LogP contribution in [0.4, 0.5) is 4.39 Å². The monoisotopic (exact) mass is 312 g/mol. The molecule has 0 saturated carbocycles. The van der Waals surface area contributed by atoms with E-state index in [1.165, 1.54) is 12.1 Å². The molecular weight excluding hydrogens is 299 g/mol. The molecule has 0 bridgehead atoms. The van der Waals surface area contributed by atoms with Crippen LogP contribution in [0.15, 0.2) is 24.3 Å². The first-order valence-electron chi connectivity index (χ1n) is 5.05. The first-order valence-corrected chi connectivity index (χ1v) is 8.68. The van der Waals surface area contributed by atoms with Gasteiger partial charge in [0.25, 0.3) is 20.2 Å². The SMILES string of the molecule is CS(=O)(=O)OC[C@@H](OS(C)(=O)=O)c1ccc(F)cc1. The number of hydrogen-bond acceptors (Lipinski definition) is 6. The van der Waals surface area contributed by atoms with Crippen molar-refractivity contribution in [2.75, 3.05) is 19.1 Å². The van der Waals surface area contributed by atoms with E-state index in [0.717, 1.165) is 24.6 Å². The van der Waals surface area contributed by atoms with Crippen LogP contribution in [0.3, 0.4) is 0 Å². The topological polar surface area (TPSA) is 86.7 Å². The highest BCUT2D eigenvalue weighted by atomic mass is 32.2. The Morgan fingerprint density at radius 1 is 1.05 bits per heavy atom. The lowest BCUT2D eigenvalue weighted by atomic mass is 10.1. The van der Waals surface area contributed by atoms with Gasteiger partial charge in [-0.1, -0.05) is 12.1 Å². The zero-order valence-electron chi connectivity index (χ0n) is 10.2. The van der Waals surface area contributed by atoms with Crippen LogP contribution in [-0.4, -0.2) is 36.0 Å². The molecule has 1 aromatic carbocycles. The van der Waals surface area contributed by atoms with Gasteiger partial charge in [-0.15, -0.1) is 0 Å². The number of rotatable bonds is 6. The zero-order valence-corrected chi connectivity index (χ0v) is 11.9. The molecule has 0 unspecified atom stereocenters. The largest absolute Gasteiger partial charge is 0.267 e. The maximum atomic E-state index is 12.8. The van der Waals surface area contributed by atoms with E-state index in [-0.39, 0.29) is 5.56 Å². The quantitative estimate of drug-likeness (QED) is 0.723. The third-order valence-electron chi connectivity index (χ3n) is 1.97. The third-order valence-corrected chi connectivity index (χ3v) is 3.11. The van der Waals surface area contributed by atoms with Crippen molar-refractivity contribution in [3.05, 3.63) is 35.6 Å². The van der Waals surface area contributed by atoms with Gasteiger partial charge in [-0.2, -0.15) is 16.8 Å². The van der Waals surface area contributed by atoms with Crippen molar-refractivity contribution >= 4 is 20.2 Å². The van der Waals surface area contributed by atoms with Crippen LogP contribution in [0.5, 0.6) is 0 Å². The first kappa shape index (κ1) is 16.0. The summed E-state index contributed by atoms with van der Waals surface area (Å²) < 4.78 is 66.0. The van der Waals surface area contributed by atoms with E-state index in [0.29, 0.717) is 0 Å². The maximum Gasteiger partial charge on any atom is 0.265 e. The molecule has 108 valence electrons. The molecule has 6 nitrogen and oxygen atoms in total. The van der Waals surface area contributed by atoms with Gasteiger partial charge in [0.15, 0.2) is 0 Å². The van der Waals surface area contributed by atoms with Crippen LogP contribution in [0.1, 0.15) is 11.7 Å². The van der Waals surface area contributed by atoms with Crippen LogP contribution in [0.25, 0.3) is 0 Å². The predicted molar refractivity (Wildman–Crippen MR) is 65.9 cm³/mol. The Hall–Kier alpha value is -1.03. The molecule has 9 heteroatoms. The summed E-state index contributed by atoms with van der Waals surface area (Å²) in [7, 11) is -7.56. The van der Waals surface area contributed by atoms with Crippen LogP contribution < -0.4 is 0 Å². The molecule has 0 aliphatic heterocycles. The maximum absolute atomic E-state index is 12.8. The van der Waals surface area contributed by atoms with E-state index in [1.54, 1.807) is 0 Å².